The molecule has 1 unspecified atom stereocenters. The second kappa shape index (κ2) is 11.2. The monoisotopic (exact) mass is 502 g/mol. The maximum absolute atomic E-state index is 12.8. The van der Waals surface area contributed by atoms with Crippen molar-refractivity contribution in [3.8, 4) is 11.4 Å². The number of rotatable bonds is 8. The van der Waals surface area contributed by atoms with Crippen molar-refractivity contribution < 1.29 is 9.32 Å². The first kappa shape index (κ1) is 24.5. The fourth-order valence-electron chi connectivity index (χ4n) is 4.95. The predicted molar refractivity (Wildman–Crippen MR) is 143 cm³/mol. The first-order chi connectivity index (χ1) is 17.6. The summed E-state index contributed by atoms with van der Waals surface area (Å²) in [6.45, 7) is 5.12. The van der Waals surface area contributed by atoms with E-state index in [1.54, 1.807) is 0 Å². The van der Waals surface area contributed by atoms with E-state index in [9.17, 15) is 4.79 Å². The van der Waals surface area contributed by atoms with Gasteiger partial charge in [0.15, 0.2) is 0 Å². The Bertz CT molecular complexity index is 1320. The van der Waals surface area contributed by atoms with Gasteiger partial charge < -0.3 is 9.84 Å². The second-order valence-corrected chi connectivity index (χ2v) is 10.1. The first-order valence-electron chi connectivity index (χ1n) is 12.6. The van der Waals surface area contributed by atoms with E-state index in [-0.39, 0.29) is 11.8 Å². The lowest BCUT2D eigenvalue weighted by Crippen LogP contribution is -2.41. The average Bonchev–Trinajstić information content (AvgIpc) is 3.36. The normalized spacial score (nSPS) is 15.7. The van der Waals surface area contributed by atoms with Crippen LogP contribution < -0.4 is 5.32 Å². The molecule has 1 aromatic heterocycles. The van der Waals surface area contributed by atoms with Crippen molar-refractivity contribution in [2.24, 2.45) is 11.8 Å². The highest BCUT2D eigenvalue weighted by Gasteiger charge is 2.26. The molecule has 1 amide bonds. The summed E-state index contributed by atoms with van der Waals surface area (Å²) in [4.78, 5) is 19.6. The molecule has 1 N–H and O–H groups in total. The average molecular weight is 503 g/mol. The van der Waals surface area contributed by atoms with Gasteiger partial charge in [0.1, 0.15) is 0 Å². The Morgan fingerprint density at radius 2 is 1.83 bits per heavy atom. The molecule has 36 heavy (non-hydrogen) atoms. The van der Waals surface area contributed by atoms with Gasteiger partial charge in [-0.2, -0.15) is 4.98 Å². The zero-order valence-electron chi connectivity index (χ0n) is 20.5. The van der Waals surface area contributed by atoms with Gasteiger partial charge in [-0.25, -0.2) is 0 Å². The Morgan fingerprint density at radius 3 is 2.67 bits per heavy atom. The Hall–Kier alpha value is -3.22. The maximum atomic E-state index is 12.8. The standard InChI is InChI=1S/C29H31ClN4O2/c1-20(17-23-9-6-8-21-7-2-3-10-24(21)23)18-31-29(35)22-13-15-34(16-14-22)19-27-32-28(33-36-27)25-11-4-5-12-26(25)30/h2-12,20,22H,13-19H2,1H3,(H,31,35). The minimum Gasteiger partial charge on any atom is -0.356 e. The van der Waals surface area contributed by atoms with Crippen LogP contribution in [-0.4, -0.2) is 40.6 Å². The summed E-state index contributed by atoms with van der Waals surface area (Å²) in [7, 11) is 0. The highest BCUT2D eigenvalue weighted by Crippen LogP contribution is 2.26. The van der Waals surface area contributed by atoms with Gasteiger partial charge >= 0.3 is 0 Å². The van der Waals surface area contributed by atoms with E-state index in [1.165, 1.54) is 16.3 Å². The van der Waals surface area contributed by atoms with E-state index in [1.807, 2.05) is 24.3 Å². The summed E-state index contributed by atoms with van der Waals surface area (Å²) in [5.41, 5.74) is 2.10. The maximum Gasteiger partial charge on any atom is 0.241 e. The van der Waals surface area contributed by atoms with E-state index < -0.39 is 0 Å². The fraction of sp³-hybridized carbons (Fsp3) is 0.345. The lowest BCUT2D eigenvalue weighted by molar-refractivity contribution is -0.126. The van der Waals surface area contributed by atoms with Crippen LogP contribution in [0, 0.1) is 11.8 Å². The molecule has 1 fully saturated rings. The van der Waals surface area contributed by atoms with Gasteiger partial charge in [-0.3, -0.25) is 9.69 Å². The third kappa shape index (κ3) is 5.77. The van der Waals surface area contributed by atoms with Crippen molar-refractivity contribution in [1.29, 1.82) is 0 Å². The summed E-state index contributed by atoms with van der Waals surface area (Å²) in [6.07, 6.45) is 2.60. The van der Waals surface area contributed by atoms with Crippen molar-refractivity contribution in [3.63, 3.8) is 0 Å². The first-order valence-corrected chi connectivity index (χ1v) is 13.0. The van der Waals surface area contributed by atoms with Gasteiger partial charge in [0.25, 0.3) is 0 Å². The van der Waals surface area contributed by atoms with Crippen molar-refractivity contribution in [2.75, 3.05) is 19.6 Å². The molecule has 0 saturated carbocycles. The number of aromatic nitrogens is 2. The number of piperidine rings is 1. The van der Waals surface area contributed by atoms with Crippen LogP contribution >= 0.6 is 11.6 Å². The van der Waals surface area contributed by atoms with Gasteiger partial charge in [-0.05, 0) is 66.7 Å². The van der Waals surface area contributed by atoms with Crippen LogP contribution in [0.3, 0.4) is 0 Å². The molecule has 0 spiro atoms. The van der Waals surface area contributed by atoms with Gasteiger partial charge in [-0.15, -0.1) is 0 Å². The molecule has 5 rings (SSSR count). The van der Waals surface area contributed by atoms with Crippen LogP contribution in [0.1, 0.15) is 31.2 Å². The summed E-state index contributed by atoms with van der Waals surface area (Å²) in [6, 6.07) is 22.4. The van der Waals surface area contributed by atoms with Crippen LogP contribution in [0.25, 0.3) is 22.2 Å². The predicted octanol–water partition coefficient (Wildman–Crippen LogP) is 5.75. The van der Waals surface area contributed by atoms with Crippen LogP contribution in [-0.2, 0) is 17.8 Å². The number of hydrogen-bond acceptors (Lipinski definition) is 5. The summed E-state index contributed by atoms with van der Waals surface area (Å²) in [5.74, 6) is 1.65. The van der Waals surface area contributed by atoms with Crippen molar-refractivity contribution in [3.05, 3.63) is 83.2 Å². The van der Waals surface area contributed by atoms with E-state index in [0.717, 1.165) is 37.9 Å². The van der Waals surface area contributed by atoms with Crippen molar-refractivity contribution >= 4 is 28.3 Å². The molecule has 0 bridgehead atoms. The topological polar surface area (TPSA) is 71.3 Å². The van der Waals surface area contributed by atoms with Gasteiger partial charge in [0.2, 0.25) is 17.6 Å². The molecule has 0 radical (unpaired) electrons. The molecule has 6 nitrogen and oxygen atoms in total. The molecule has 1 saturated heterocycles. The largest absolute Gasteiger partial charge is 0.356 e. The molecule has 1 aliphatic rings. The Kier molecular flexibility index (Phi) is 7.63. The number of carbonyl (C=O) groups is 1. The number of carbonyl (C=O) groups excluding carboxylic acids is 1. The van der Waals surface area contributed by atoms with Crippen LogP contribution in [0.5, 0.6) is 0 Å². The minimum absolute atomic E-state index is 0.0485. The quantitative estimate of drug-likeness (QED) is 0.332. The van der Waals surface area contributed by atoms with Gasteiger partial charge in [-0.1, -0.05) is 78.3 Å². The Labute approximate surface area is 216 Å². The van der Waals surface area contributed by atoms with Crippen LogP contribution in [0.4, 0.5) is 0 Å². The Morgan fingerprint density at radius 1 is 1.08 bits per heavy atom. The molecule has 7 heteroatoms. The number of benzene rings is 3. The molecule has 1 aliphatic heterocycles. The zero-order chi connectivity index (χ0) is 24.9. The highest BCUT2D eigenvalue weighted by atomic mass is 35.5. The number of likely N-dealkylation sites (tertiary alicyclic amines) is 1. The second-order valence-electron chi connectivity index (χ2n) is 9.73. The molecule has 186 valence electrons. The molecule has 1 atom stereocenters. The van der Waals surface area contributed by atoms with E-state index in [0.29, 0.717) is 35.7 Å². The number of amides is 1. The summed E-state index contributed by atoms with van der Waals surface area (Å²) in [5, 5.41) is 10.4. The molecular formula is C29H31ClN4O2. The third-order valence-corrected chi connectivity index (χ3v) is 7.30. The number of fused-ring (bicyclic) bond motifs is 1. The SMILES string of the molecule is CC(CNC(=O)C1CCN(Cc2nc(-c3ccccc3Cl)no2)CC1)Cc1cccc2ccccc12. The lowest BCUT2D eigenvalue weighted by atomic mass is 9.94. The molecule has 0 aliphatic carbocycles. The van der Waals surface area contributed by atoms with E-state index in [4.69, 9.17) is 16.1 Å². The lowest BCUT2D eigenvalue weighted by Gasteiger charge is -2.30. The zero-order valence-corrected chi connectivity index (χ0v) is 21.2. The fourth-order valence-corrected chi connectivity index (χ4v) is 5.17. The van der Waals surface area contributed by atoms with Gasteiger partial charge in [0, 0.05) is 18.0 Å². The number of halogens is 1. The van der Waals surface area contributed by atoms with E-state index >= 15 is 0 Å². The molecule has 3 aromatic carbocycles. The molecule has 4 aromatic rings. The van der Waals surface area contributed by atoms with Gasteiger partial charge in [0.05, 0.1) is 11.6 Å². The summed E-state index contributed by atoms with van der Waals surface area (Å²) >= 11 is 6.24. The Balaban J connectivity index is 1.07. The minimum atomic E-state index is 0.0485. The smallest absolute Gasteiger partial charge is 0.241 e. The molecular weight excluding hydrogens is 472 g/mol. The number of nitrogens with one attached hydrogen (secondary N) is 1. The summed E-state index contributed by atoms with van der Waals surface area (Å²) < 4.78 is 5.45. The van der Waals surface area contributed by atoms with E-state index in [2.05, 4.69) is 69.7 Å². The van der Waals surface area contributed by atoms with Crippen LogP contribution in [0.2, 0.25) is 5.02 Å². The van der Waals surface area contributed by atoms with Crippen molar-refractivity contribution in [2.45, 2.75) is 32.7 Å². The van der Waals surface area contributed by atoms with Crippen molar-refractivity contribution in [1.82, 2.24) is 20.4 Å². The molecule has 2 heterocycles. The number of hydrogen-bond donors (Lipinski definition) is 1. The third-order valence-electron chi connectivity index (χ3n) is 6.97. The van der Waals surface area contributed by atoms with Crippen LogP contribution in [0.15, 0.2) is 71.3 Å². The number of nitrogens with zero attached hydrogens (tertiary/aromatic N) is 3. The highest BCUT2D eigenvalue weighted by molar-refractivity contribution is 6.33.